The third kappa shape index (κ3) is 5.09. The van der Waals surface area contributed by atoms with Crippen molar-refractivity contribution in [2.75, 3.05) is 19.8 Å². The molecule has 6 nitrogen and oxygen atoms in total. The molecule has 2 aromatic carbocycles. The van der Waals surface area contributed by atoms with Gasteiger partial charge in [0.15, 0.2) is 0 Å². The molecule has 0 saturated carbocycles. The molecular formula is C24H25Cl2NO5. The highest BCUT2D eigenvalue weighted by Gasteiger charge is 2.45. The van der Waals surface area contributed by atoms with E-state index in [2.05, 4.69) is 0 Å². The molecule has 1 fully saturated rings. The van der Waals surface area contributed by atoms with E-state index in [0.717, 1.165) is 0 Å². The van der Waals surface area contributed by atoms with Gasteiger partial charge in [-0.1, -0.05) is 35.3 Å². The van der Waals surface area contributed by atoms with E-state index in [1.807, 2.05) is 20.8 Å². The first-order chi connectivity index (χ1) is 15.2. The smallest absolute Gasteiger partial charge is 0.295 e. The summed E-state index contributed by atoms with van der Waals surface area (Å²) in [5.74, 6) is -1.11. The Labute approximate surface area is 197 Å². The van der Waals surface area contributed by atoms with Crippen molar-refractivity contribution in [2.24, 2.45) is 0 Å². The van der Waals surface area contributed by atoms with E-state index >= 15 is 0 Å². The maximum absolute atomic E-state index is 13.0. The molecule has 1 saturated heterocycles. The number of Topliss-reactive ketones (excluding diaryl/α,β-unsaturated/α-hetero) is 1. The number of rotatable bonds is 8. The Morgan fingerprint density at radius 2 is 1.78 bits per heavy atom. The Balaban J connectivity index is 2.08. The van der Waals surface area contributed by atoms with E-state index in [1.165, 1.54) is 17.0 Å². The molecule has 1 unspecified atom stereocenters. The highest BCUT2D eigenvalue weighted by Crippen LogP contribution is 2.40. The standard InChI is InChI=1S/C24H25Cl2NO5/c1-4-31-17-8-5-15(6-9-17)21-20(22(28)16-7-10-18(25)19(26)13-16)23(29)24(30)27(21)11-12-32-14(2)3/h5-10,13-14,21,28H,4,11-12H2,1-3H3/b22-20-. The second kappa shape index (κ2) is 10.4. The zero-order valence-electron chi connectivity index (χ0n) is 18.1. The van der Waals surface area contributed by atoms with E-state index in [-0.39, 0.29) is 35.6 Å². The van der Waals surface area contributed by atoms with Gasteiger partial charge in [-0.3, -0.25) is 9.59 Å². The minimum atomic E-state index is -0.782. The van der Waals surface area contributed by atoms with Crippen LogP contribution in [-0.4, -0.2) is 47.6 Å². The zero-order valence-corrected chi connectivity index (χ0v) is 19.6. The van der Waals surface area contributed by atoms with Crippen molar-refractivity contribution in [3.63, 3.8) is 0 Å². The Morgan fingerprint density at radius 1 is 1.09 bits per heavy atom. The summed E-state index contributed by atoms with van der Waals surface area (Å²) in [5.41, 5.74) is 0.952. The van der Waals surface area contributed by atoms with E-state index in [9.17, 15) is 14.7 Å². The Kier molecular flexibility index (Phi) is 7.82. The fourth-order valence-electron chi connectivity index (χ4n) is 3.56. The summed E-state index contributed by atoms with van der Waals surface area (Å²) in [7, 11) is 0. The Bertz CT molecular complexity index is 1030. The van der Waals surface area contributed by atoms with Crippen LogP contribution in [0.15, 0.2) is 48.0 Å². The maximum atomic E-state index is 13.0. The van der Waals surface area contributed by atoms with Crippen molar-refractivity contribution < 1.29 is 24.2 Å². The van der Waals surface area contributed by atoms with Crippen molar-refractivity contribution in [1.82, 2.24) is 4.90 Å². The molecular weight excluding hydrogens is 453 g/mol. The van der Waals surface area contributed by atoms with Gasteiger partial charge in [-0.05, 0) is 56.7 Å². The first-order valence-electron chi connectivity index (χ1n) is 10.3. The van der Waals surface area contributed by atoms with Gasteiger partial charge in [0.1, 0.15) is 11.5 Å². The van der Waals surface area contributed by atoms with Gasteiger partial charge in [-0.25, -0.2) is 0 Å². The molecule has 0 bridgehead atoms. The predicted octanol–water partition coefficient (Wildman–Crippen LogP) is 5.24. The molecule has 0 spiro atoms. The highest BCUT2D eigenvalue weighted by atomic mass is 35.5. The van der Waals surface area contributed by atoms with E-state index < -0.39 is 17.7 Å². The number of aliphatic hydroxyl groups excluding tert-OH is 1. The second-order valence-electron chi connectivity index (χ2n) is 7.54. The molecule has 1 aliphatic rings. The van der Waals surface area contributed by atoms with Gasteiger partial charge in [-0.15, -0.1) is 0 Å². The van der Waals surface area contributed by atoms with E-state index in [4.69, 9.17) is 32.7 Å². The third-order valence-corrected chi connectivity index (χ3v) is 5.76. The van der Waals surface area contributed by atoms with Crippen LogP contribution in [0.3, 0.4) is 0 Å². The minimum absolute atomic E-state index is 0.0119. The van der Waals surface area contributed by atoms with Crippen molar-refractivity contribution in [2.45, 2.75) is 32.9 Å². The van der Waals surface area contributed by atoms with Crippen LogP contribution in [0, 0.1) is 0 Å². The van der Waals surface area contributed by atoms with Crippen molar-refractivity contribution in [3.8, 4) is 5.75 Å². The van der Waals surface area contributed by atoms with Crippen LogP contribution in [0.5, 0.6) is 5.75 Å². The topological polar surface area (TPSA) is 76.1 Å². The van der Waals surface area contributed by atoms with Gasteiger partial charge in [0.25, 0.3) is 11.7 Å². The number of nitrogens with zero attached hydrogens (tertiary/aromatic N) is 1. The van der Waals surface area contributed by atoms with Crippen LogP contribution in [0.2, 0.25) is 10.0 Å². The van der Waals surface area contributed by atoms with Crippen LogP contribution in [0.1, 0.15) is 37.9 Å². The number of ketones is 1. The van der Waals surface area contributed by atoms with Crippen LogP contribution in [0.4, 0.5) is 0 Å². The maximum Gasteiger partial charge on any atom is 0.295 e. The molecule has 0 aromatic heterocycles. The normalized spacial score (nSPS) is 17.9. The number of carbonyl (C=O) groups is 2. The molecule has 170 valence electrons. The molecule has 8 heteroatoms. The SMILES string of the molecule is CCOc1ccc(C2/C(=C(/O)c3ccc(Cl)c(Cl)c3)C(=O)C(=O)N2CCOC(C)C)cc1. The number of amides is 1. The average Bonchev–Trinajstić information content (AvgIpc) is 3.01. The zero-order chi connectivity index (χ0) is 23.4. The molecule has 2 aromatic rings. The molecule has 1 amide bonds. The second-order valence-corrected chi connectivity index (χ2v) is 8.36. The van der Waals surface area contributed by atoms with Gasteiger partial charge in [0, 0.05) is 12.1 Å². The molecule has 1 heterocycles. The van der Waals surface area contributed by atoms with Gasteiger partial charge >= 0.3 is 0 Å². The Morgan fingerprint density at radius 3 is 2.38 bits per heavy atom. The molecule has 1 N–H and O–H groups in total. The number of ether oxygens (including phenoxy) is 2. The summed E-state index contributed by atoms with van der Waals surface area (Å²) < 4.78 is 11.1. The number of hydrogen-bond acceptors (Lipinski definition) is 5. The number of carbonyl (C=O) groups excluding carboxylic acids is 2. The molecule has 32 heavy (non-hydrogen) atoms. The lowest BCUT2D eigenvalue weighted by Gasteiger charge is -2.26. The van der Waals surface area contributed by atoms with Crippen LogP contribution in [-0.2, 0) is 14.3 Å². The summed E-state index contributed by atoms with van der Waals surface area (Å²) in [5, 5.41) is 11.6. The number of halogens is 2. The van der Waals surface area contributed by atoms with Crippen LogP contribution in [0.25, 0.3) is 5.76 Å². The molecule has 3 rings (SSSR count). The fourth-order valence-corrected chi connectivity index (χ4v) is 3.85. The van der Waals surface area contributed by atoms with Crippen molar-refractivity contribution in [3.05, 3.63) is 69.2 Å². The highest BCUT2D eigenvalue weighted by molar-refractivity contribution is 6.46. The molecule has 1 atom stereocenters. The first-order valence-corrected chi connectivity index (χ1v) is 11.1. The lowest BCUT2D eigenvalue weighted by Crippen LogP contribution is -2.33. The third-order valence-electron chi connectivity index (χ3n) is 5.02. The summed E-state index contributed by atoms with van der Waals surface area (Å²) >= 11 is 12.1. The first kappa shape index (κ1) is 24.1. The lowest BCUT2D eigenvalue weighted by molar-refractivity contribution is -0.140. The lowest BCUT2D eigenvalue weighted by atomic mass is 9.95. The number of likely N-dealkylation sites (tertiary alicyclic amines) is 1. The van der Waals surface area contributed by atoms with Crippen LogP contribution < -0.4 is 4.74 Å². The van der Waals surface area contributed by atoms with Gasteiger partial charge in [0.05, 0.1) is 41.0 Å². The number of benzene rings is 2. The number of aliphatic hydroxyl groups is 1. The summed E-state index contributed by atoms with van der Waals surface area (Å²) in [6.07, 6.45) is -0.0213. The quantitative estimate of drug-likeness (QED) is 0.319. The fraction of sp³-hybridized carbons (Fsp3) is 0.333. The van der Waals surface area contributed by atoms with Gasteiger partial charge in [-0.2, -0.15) is 0 Å². The average molecular weight is 478 g/mol. The predicted molar refractivity (Wildman–Crippen MR) is 124 cm³/mol. The van der Waals surface area contributed by atoms with Gasteiger partial charge in [0.2, 0.25) is 0 Å². The summed E-state index contributed by atoms with van der Waals surface area (Å²) in [6, 6.07) is 10.8. The summed E-state index contributed by atoms with van der Waals surface area (Å²) in [6.45, 7) is 6.63. The van der Waals surface area contributed by atoms with E-state index in [1.54, 1.807) is 30.3 Å². The van der Waals surface area contributed by atoms with E-state index in [0.29, 0.717) is 28.5 Å². The number of hydrogen-bond donors (Lipinski definition) is 1. The van der Waals surface area contributed by atoms with Crippen molar-refractivity contribution >= 4 is 40.7 Å². The molecule has 0 radical (unpaired) electrons. The molecule has 0 aliphatic carbocycles. The Hall–Kier alpha value is -2.54. The molecule has 1 aliphatic heterocycles. The summed E-state index contributed by atoms with van der Waals surface area (Å²) in [4.78, 5) is 27.3. The minimum Gasteiger partial charge on any atom is -0.507 e. The van der Waals surface area contributed by atoms with Gasteiger partial charge < -0.3 is 19.5 Å². The van der Waals surface area contributed by atoms with Crippen LogP contribution >= 0.6 is 23.2 Å². The van der Waals surface area contributed by atoms with Crippen molar-refractivity contribution in [1.29, 1.82) is 0 Å². The largest absolute Gasteiger partial charge is 0.507 e. The monoisotopic (exact) mass is 477 g/mol.